The zero-order valence-corrected chi connectivity index (χ0v) is 15.2. The molecule has 7 heteroatoms. The van der Waals surface area contributed by atoms with E-state index < -0.39 is 0 Å². The lowest BCUT2D eigenvalue weighted by Crippen LogP contribution is -2.31. The molecule has 0 bridgehead atoms. The first-order valence-corrected chi connectivity index (χ1v) is 7.72. The van der Waals surface area contributed by atoms with E-state index in [1.54, 1.807) is 12.1 Å². The smallest absolute Gasteiger partial charge is 0.220 e. The average Bonchev–Trinajstić information content (AvgIpc) is 2.49. The second-order valence-electron chi connectivity index (χ2n) is 4.47. The average molecular weight is 394 g/mol. The minimum atomic E-state index is -0.116. The van der Waals surface area contributed by atoms with Gasteiger partial charge in [-0.05, 0) is 24.7 Å². The molecular formula is C15H22BrClN2O3. The SMILES string of the molecule is CCNCCNC(=O)CCC(=O)c1cc(Br)ccc1OC.Cl. The number of carbonyl (C=O) groups is 2. The Hall–Kier alpha value is -1.11. The van der Waals surface area contributed by atoms with Crippen molar-refractivity contribution in [3.8, 4) is 5.75 Å². The Labute approximate surface area is 145 Å². The highest BCUT2D eigenvalue weighted by molar-refractivity contribution is 9.10. The Balaban J connectivity index is 0.00000441. The number of likely N-dealkylation sites (N-methyl/N-ethyl adjacent to an activating group) is 1. The fourth-order valence-electron chi connectivity index (χ4n) is 1.82. The minimum Gasteiger partial charge on any atom is -0.496 e. The van der Waals surface area contributed by atoms with Crippen molar-refractivity contribution >= 4 is 40.0 Å². The highest BCUT2D eigenvalue weighted by atomic mass is 79.9. The van der Waals surface area contributed by atoms with Crippen LogP contribution in [0.3, 0.4) is 0 Å². The largest absolute Gasteiger partial charge is 0.496 e. The molecule has 1 amide bonds. The van der Waals surface area contributed by atoms with Gasteiger partial charge in [-0.3, -0.25) is 9.59 Å². The van der Waals surface area contributed by atoms with Gasteiger partial charge in [-0.15, -0.1) is 12.4 Å². The van der Waals surface area contributed by atoms with Crippen LogP contribution < -0.4 is 15.4 Å². The maximum atomic E-state index is 12.2. The number of hydrogen-bond donors (Lipinski definition) is 2. The number of nitrogens with one attached hydrogen (secondary N) is 2. The molecule has 0 spiro atoms. The summed E-state index contributed by atoms with van der Waals surface area (Å²) in [4.78, 5) is 23.8. The van der Waals surface area contributed by atoms with Crippen LogP contribution in [0.25, 0.3) is 0 Å². The van der Waals surface area contributed by atoms with E-state index in [1.807, 2.05) is 13.0 Å². The quantitative estimate of drug-likeness (QED) is 0.500. The summed E-state index contributed by atoms with van der Waals surface area (Å²) in [5.74, 6) is 0.306. The van der Waals surface area contributed by atoms with E-state index in [-0.39, 0.29) is 36.9 Å². The van der Waals surface area contributed by atoms with Crippen LogP contribution >= 0.6 is 28.3 Å². The number of rotatable bonds is 9. The van der Waals surface area contributed by atoms with Gasteiger partial charge in [0.25, 0.3) is 0 Å². The first-order chi connectivity index (χ1) is 10.1. The van der Waals surface area contributed by atoms with E-state index in [1.165, 1.54) is 7.11 Å². The van der Waals surface area contributed by atoms with E-state index in [9.17, 15) is 9.59 Å². The van der Waals surface area contributed by atoms with E-state index in [0.717, 1.165) is 17.6 Å². The highest BCUT2D eigenvalue weighted by Gasteiger charge is 2.14. The van der Waals surface area contributed by atoms with Crippen LogP contribution in [-0.2, 0) is 4.79 Å². The van der Waals surface area contributed by atoms with Gasteiger partial charge in [0.1, 0.15) is 5.75 Å². The van der Waals surface area contributed by atoms with Gasteiger partial charge in [0.15, 0.2) is 5.78 Å². The summed E-state index contributed by atoms with van der Waals surface area (Å²) in [7, 11) is 1.52. The fraction of sp³-hybridized carbons (Fsp3) is 0.467. The van der Waals surface area contributed by atoms with Gasteiger partial charge in [-0.1, -0.05) is 22.9 Å². The molecule has 0 saturated heterocycles. The highest BCUT2D eigenvalue weighted by Crippen LogP contribution is 2.24. The molecular weight excluding hydrogens is 372 g/mol. The zero-order valence-electron chi connectivity index (χ0n) is 12.8. The van der Waals surface area contributed by atoms with Crippen molar-refractivity contribution in [1.82, 2.24) is 10.6 Å². The Bertz CT molecular complexity index is 498. The molecule has 0 aliphatic heterocycles. The van der Waals surface area contributed by atoms with Crippen LogP contribution in [0, 0.1) is 0 Å². The second-order valence-corrected chi connectivity index (χ2v) is 5.39. The van der Waals surface area contributed by atoms with Gasteiger partial charge in [-0.2, -0.15) is 0 Å². The van der Waals surface area contributed by atoms with Crippen LogP contribution in [-0.4, -0.2) is 38.4 Å². The third-order valence-electron chi connectivity index (χ3n) is 2.92. The van der Waals surface area contributed by atoms with Crippen LogP contribution in [0.2, 0.25) is 0 Å². The Kier molecular flexibility index (Phi) is 10.9. The predicted octanol–water partition coefficient (Wildman–Crippen LogP) is 2.57. The zero-order chi connectivity index (χ0) is 15.7. The number of Topliss-reactive ketones (excluding diaryl/α,β-unsaturated/α-hetero) is 1. The standard InChI is InChI=1S/C15H21BrN2O3.ClH/c1-3-17-8-9-18-15(20)7-5-13(19)12-10-11(16)4-6-14(12)21-2;/h4,6,10,17H,3,5,7-9H2,1-2H3,(H,18,20);1H. The summed E-state index contributed by atoms with van der Waals surface area (Å²) in [6.45, 7) is 4.18. The van der Waals surface area contributed by atoms with Crippen molar-refractivity contribution in [2.45, 2.75) is 19.8 Å². The van der Waals surface area contributed by atoms with Gasteiger partial charge in [0, 0.05) is 30.4 Å². The van der Waals surface area contributed by atoms with Crippen molar-refractivity contribution in [3.63, 3.8) is 0 Å². The van der Waals surface area contributed by atoms with E-state index >= 15 is 0 Å². The number of amides is 1. The van der Waals surface area contributed by atoms with Crippen LogP contribution in [0.1, 0.15) is 30.1 Å². The number of ketones is 1. The molecule has 0 saturated carbocycles. The number of ether oxygens (including phenoxy) is 1. The molecule has 124 valence electrons. The Morgan fingerprint density at radius 2 is 1.95 bits per heavy atom. The van der Waals surface area contributed by atoms with Gasteiger partial charge >= 0.3 is 0 Å². The summed E-state index contributed by atoms with van der Waals surface area (Å²) in [5, 5.41) is 5.88. The molecule has 0 aliphatic carbocycles. The van der Waals surface area contributed by atoms with Crippen molar-refractivity contribution in [2.24, 2.45) is 0 Å². The fourth-order valence-corrected chi connectivity index (χ4v) is 2.18. The molecule has 0 aliphatic rings. The Morgan fingerprint density at radius 1 is 1.23 bits per heavy atom. The van der Waals surface area contributed by atoms with Crippen molar-refractivity contribution in [3.05, 3.63) is 28.2 Å². The Morgan fingerprint density at radius 3 is 2.59 bits per heavy atom. The molecule has 0 heterocycles. The molecule has 0 unspecified atom stereocenters. The lowest BCUT2D eigenvalue weighted by molar-refractivity contribution is -0.121. The summed E-state index contributed by atoms with van der Waals surface area (Å²) >= 11 is 3.33. The molecule has 0 fully saturated rings. The monoisotopic (exact) mass is 392 g/mol. The van der Waals surface area contributed by atoms with Crippen molar-refractivity contribution < 1.29 is 14.3 Å². The van der Waals surface area contributed by atoms with Gasteiger partial charge in [0.2, 0.25) is 5.91 Å². The van der Waals surface area contributed by atoms with Gasteiger partial charge in [-0.25, -0.2) is 0 Å². The molecule has 22 heavy (non-hydrogen) atoms. The minimum absolute atomic E-state index is 0. The van der Waals surface area contributed by atoms with E-state index in [4.69, 9.17) is 4.74 Å². The number of methoxy groups -OCH3 is 1. The number of hydrogen-bond acceptors (Lipinski definition) is 4. The first kappa shape index (κ1) is 20.9. The molecule has 2 N–H and O–H groups in total. The summed E-state index contributed by atoms with van der Waals surface area (Å²) in [6, 6.07) is 5.25. The third-order valence-corrected chi connectivity index (χ3v) is 3.41. The lowest BCUT2D eigenvalue weighted by Gasteiger charge is -2.08. The topological polar surface area (TPSA) is 67.4 Å². The molecule has 5 nitrogen and oxygen atoms in total. The lowest BCUT2D eigenvalue weighted by atomic mass is 10.1. The van der Waals surface area contributed by atoms with Crippen LogP contribution in [0.4, 0.5) is 0 Å². The van der Waals surface area contributed by atoms with Crippen LogP contribution in [0.5, 0.6) is 5.75 Å². The van der Waals surface area contributed by atoms with Crippen molar-refractivity contribution in [1.29, 1.82) is 0 Å². The molecule has 0 atom stereocenters. The second kappa shape index (κ2) is 11.5. The number of benzene rings is 1. The predicted molar refractivity (Wildman–Crippen MR) is 93.1 cm³/mol. The molecule has 1 aromatic rings. The number of carbonyl (C=O) groups excluding carboxylic acids is 2. The molecule has 1 aromatic carbocycles. The van der Waals surface area contributed by atoms with Gasteiger partial charge in [0.05, 0.1) is 12.7 Å². The maximum Gasteiger partial charge on any atom is 0.220 e. The maximum absolute atomic E-state index is 12.2. The summed E-state index contributed by atoms with van der Waals surface area (Å²) in [6.07, 6.45) is 0.348. The summed E-state index contributed by atoms with van der Waals surface area (Å²) in [5.41, 5.74) is 0.493. The summed E-state index contributed by atoms with van der Waals surface area (Å²) < 4.78 is 5.98. The van der Waals surface area contributed by atoms with Crippen LogP contribution in [0.15, 0.2) is 22.7 Å². The normalized spacial score (nSPS) is 9.77. The number of halogens is 2. The van der Waals surface area contributed by atoms with E-state index in [2.05, 4.69) is 26.6 Å². The van der Waals surface area contributed by atoms with Crippen molar-refractivity contribution in [2.75, 3.05) is 26.7 Å². The first-order valence-electron chi connectivity index (χ1n) is 6.92. The third kappa shape index (κ3) is 7.24. The molecule has 0 radical (unpaired) electrons. The molecule has 1 rings (SSSR count). The molecule has 0 aromatic heterocycles. The van der Waals surface area contributed by atoms with Gasteiger partial charge < -0.3 is 15.4 Å². The van der Waals surface area contributed by atoms with E-state index in [0.29, 0.717) is 17.9 Å².